The first-order valence-corrected chi connectivity index (χ1v) is 8.35. The van der Waals surface area contributed by atoms with E-state index >= 15 is 0 Å². The van der Waals surface area contributed by atoms with E-state index in [1.54, 1.807) is 4.90 Å². The zero-order valence-electron chi connectivity index (χ0n) is 13.9. The van der Waals surface area contributed by atoms with Crippen LogP contribution in [-0.4, -0.2) is 23.3 Å². The van der Waals surface area contributed by atoms with Gasteiger partial charge in [0, 0.05) is 29.7 Å². The molecule has 1 aliphatic rings. The van der Waals surface area contributed by atoms with Crippen LogP contribution in [0.2, 0.25) is 5.02 Å². The number of nitrogens with one attached hydrogen (secondary N) is 1. The fourth-order valence-electron chi connectivity index (χ4n) is 2.85. The summed E-state index contributed by atoms with van der Waals surface area (Å²) >= 11 is 5.77. The summed E-state index contributed by atoms with van der Waals surface area (Å²) < 4.78 is 0. The van der Waals surface area contributed by atoms with Gasteiger partial charge in [0.1, 0.15) is 5.69 Å². The number of benzene rings is 2. The molecule has 7 nitrogen and oxygen atoms in total. The van der Waals surface area contributed by atoms with Crippen molar-refractivity contribution in [2.75, 3.05) is 16.8 Å². The van der Waals surface area contributed by atoms with Gasteiger partial charge in [-0.25, -0.2) is 0 Å². The number of halogens is 1. The molecule has 0 spiro atoms. The van der Waals surface area contributed by atoms with Gasteiger partial charge in [-0.05, 0) is 31.2 Å². The fourth-order valence-corrected chi connectivity index (χ4v) is 3.02. The van der Waals surface area contributed by atoms with Crippen LogP contribution in [0.1, 0.15) is 12.0 Å². The zero-order chi connectivity index (χ0) is 18.8. The second-order valence-corrected chi connectivity index (χ2v) is 6.59. The molecule has 2 aromatic rings. The highest BCUT2D eigenvalue weighted by Crippen LogP contribution is 2.30. The predicted molar refractivity (Wildman–Crippen MR) is 98.4 cm³/mol. The van der Waals surface area contributed by atoms with Crippen LogP contribution in [0.4, 0.5) is 17.1 Å². The SMILES string of the molecule is Cc1ccc(N2CC(C(=O)Nc3ccc(Cl)cc3[N+](=O)[O-])CC2=O)cc1. The van der Waals surface area contributed by atoms with E-state index in [1.165, 1.54) is 18.2 Å². The monoisotopic (exact) mass is 373 g/mol. The van der Waals surface area contributed by atoms with Gasteiger partial charge in [0.05, 0.1) is 10.8 Å². The van der Waals surface area contributed by atoms with E-state index in [9.17, 15) is 19.7 Å². The molecule has 0 aromatic heterocycles. The second-order valence-electron chi connectivity index (χ2n) is 6.15. The van der Waals surface area contributed by atoms with Crippen LogP contribution in [-0.2, 0) is 9.59 Å². The van der Waals surface area contributed by atoms with Crippen molar-refractivity contribution in [3.05, 3.63) is 63.2 Å². The van der Waals surface area contributed by atoms with Crippen molar-refractivity contribution in [3.8, 4) is 0 Å². The number of anilines is 2. The highest BCUT2D eigenvalue weighted by Gasteiger charge is 2.35. The van der Waals surface area contributed by atoms with E-state index in [2.05, 4.69) is 5.32 Å². The minimum absolute atomic E-state index is 0.0566. The van der Waals surface area contributed by atoms with Crippen LogP contribution in [0.15, 0.2) is 42.5 Å². The van der Waals surface area contributed by atoms with Crippen LogP contribution >= 0.6 is 11.6 Å². The van der Waals surface area contributed by atoms with Crippen LogP contribution < -0.4 is 10.2 Å². The summed E-state index contributed by atoms with van der Waals surface area (Å²) in [5, 5.41) is 13.9. The fraction of sp³-hybridized carbons (Fsp3) is 0.222. The summed E-state index contributed by atoms with van der Waals surface area (Å²) in [5.74, 6) is -1.17. The van der Waals surface area contributed by atoms with Crippen LogP contribution in [0.3, 0.4) is 0 Å². The van der Waals surface area contributed by atoms with E-state index in [-0.39, 0.29) is 35.3 Å². The Kier molecular flexibility index (Phi) is 4.90. The standard InChI is InChI=1S/C18H16ClN3O4/c1-11-2-5-14(6-3-11)21-10-12(8-17(21)23)18(24)20-15-7-4-13(19)9-16(15)22(25)26/h2-7,9,12H,8,10H2,1H3,(H,20,24). The molecule has 3 rings (SSSR count). The maximum absolute atomic E-state index is 12.5. The molecule has 1 heterocycles. The van der Waals surface area contributed by atoms with Crippen molar-refractivity contribution in [1.29, 1.82) is 0 Å². The Balaban J connectivity index is 1.75. The van der Waals surface area contributed by atoms with E-state index < -0.39 is 16.7 Å². The molecular formula is C18H16ClN3O4. The van der Waals surface area contributed by atoms with E-state index in [0.717, 1.165) is 11.3 Å². The number of rotatable bonds is 4. The van der Waals surface area contributed by atoms with Crippen molar-refractivity contribution in [3.63, 3.8) is 0 Å². The molecule has 0 bridgehead atoms. The highest BCUT2D eigenvalue weighted by molar-refractivity contribution is 6.31. The lowest BCUT2D eigenvalue weighted by atomic mass is 10.1. The number of nitrogens with zero attached hydrogens (tertiary/aromatic N) is 2. The average Bonchev–Trinajstić information content (AvgIpc) is 2.99. The number of nitro benzene ring substituents is 1. The smallest absolute Gasteiger partial charge is 0.294 e. The lowest BCUT2D eigenvalue weighted by molar-refractivity contribution is -0.383. The number of hydrogen-bond acceptors (Lipinski definition) is 4. The molecule has 0 aliphatic carbocycles. The van der Waals surface area contributed by atoms with Gasteiger partial charge in [0.2, 0.25) is 11.8 Å². The molecule has 0 saturated carbocycles. The molecule has 2 amide bonds. The summed E-state index contributed by atoms with van der Waals surface area (Å²) in [7, 11) is 0. The van der Waals surface area contributed by atoms with Crippen LogP contribution in [0, 0.1) is 23.0 Å². The topological polar surface area (TPSA) is 92.6 Å². The molecule has 134 valence electrons. The quantitative estimate of drug-likeness (QED) is 0.655. The lowest BCUT2D eigenvalue weighted by Gasteiger charge is -2.17. The summed E-state index contributed by atoms with van der Waals surface area (Å²) in [5.41, 5.74) is 1.58. The van der Waals surface area contributed by atoms with E-state index in [1.807, 2.05) is 31.2 Å². The third kappa shape index (κ3) is 3.67. The maximum atomic E-state index is 12.5. The molecule has 1 unspecified atom stereocenters. The molecule has 26 heavy (non-hydrogen) atoms. The Morgan fingerprint density at radius 3 is 2.62 bits per heavy atom. The van der Waals surface area contributed by atoms with Gasteiger partial charge < -0.3 is 10.2 Å². The summed E-state index contributed by atoms with van der Waals surface area (Å²) in [6.07, 6.45) is 0.0566. The van der Waals surface area contributed by atoms with Gasteiger partial charge in [-0.3, -0.25) is 19.7 Å². The lowest BCUT2D eigenvalue weighted by Crippen LogP contribution is -2.28. The molecule has 1 N–H and O–H groups in total. The number of carbonyl (C=O) groups is 2. The number of nitro groups is 1. The van der Waals surface area contributed by atoms with Gasteiger partial charge in [0.15, 0.2) is 0 Å². The highest BCUT2D eigenvalue weighted by atomic mass is 35.5. The Hall–Kier alpha value is -2.93. The van der Waals surface area contributed by atoms with Gasteiger partial charge >= 0.3 is 0 Å². The van der Waals surface area contributed by atoms with Crippen LogP contribution in [0.5, 0.6) is 0 Å². The zero-order valence-corrected chi connectivity index (χ0v) is 14.7. The first-order chi connectivity index (χ1) is 12.3. The molecule has 1 fully saturated rings. The van der Waals surface area contributed by atoms with Gasteiger partial charge in [-0.1, -0.05) is 29.3 Å². The summed E-state index contributed by atoms with van der Waals surface area (Å²) in [4.78, 5) is 36.8. The Labute approximate surface area is 154 Å². The first kappa shape index (κ1) is 17.9. The predicted octanol–water partition coefficient (Wildman–Crippen LogP) is 3.55. The molecule has 8 heteroatoms. The number of amides is 2. The number of carbonyl (C=O) groups excluding carboxylic acids is 2. The molecule has 1 atom stereocenters. The van der Waals surface area contributed by atoms with Crippen LogP contribution in [0.25, 0.3) is 0 Å². The molecular weight excluding hydrogens is 358 g/mol. The first-order valence-electron chi connectivity index (χ1n) is 7.97. The molecule has 2 aromatic carbocycles. The second kappa shape index (κ2) is 7.13. The molecule has 1 saturated heterocycles. The number of hydrogen-bond donors (Lipinski definition) is 1. The van der Waals surface area contributed by atoms with Gasteiger partial charge in [-0.15, -0.1) is 0 Å². The maximum Gasteiger partial charge on any atom is 0.294 e. The average molecular weight is 374 g/mol. The minimum Gasteiger partial charge on any atom is -0.320 e. The Morgan fingerprint density at radius 1 is 1.27 bits per heavy atom. The van der Waals surface area contributed by atoms with E-state index in [0.29, 0.717) is 0 Å². The molecule has 0 radical (unpaired) electrons. The summed E-state index contributed by atoms with van der Waals surface area (Å²) in [6, 6.07) is 11.5. The number of aryl methyl sites for hydroxylation is 1. The normalized spacial score (nSPS) is 16.6. The van der Waals surface area contributed by atoms with Crippen molar-refractivity contribution in [1.82, 2.24) is 0 Å². The largest absolute Gasteiger partial charge is 0.320 e. The van der Waals surface area contributed by atoms with Gasteiger partial charge in [0.25, 0.3) is 5.69 Å². The summed E-state index contributed by atoms with van der Waals surface area (Å²) in [6.45, 7) is 2.18. The van der Waals surface area contributed by atoms with Crippen molar-refractivity contribution in [2.24, 2.45) is 5.92 Å². The van der Waals surface area contributed by atoms with E-state index in [4.69, 9.17) is 11.6 Å². The molecule has 1 aliphatic heterocycles. The van der Waals surface area contributed by atoms with Gasteiger partial charge in [-0.2, -0.15) is 0 Å². The Bertz CT molecular complexity index is 883. The minimum atomic E-state index is -0.611. The third-order valence-electron chi connectivity index (χ3n) is 4.26. The van der Waals surface area contributed by atoms with Crippen molar-refractivity contribution >= 4 is 40.5 Å². The third-order valence-corrected chi connectivity index (χ3v) is 4.49. The van der Waals surface area contributed by atoms with Crippen molar-refractivity contribution in [2.45, 2.75) is 13.3 Å². The Morgan fingerprint density at radius 2 is 1.96 bits per heavy atom. The van der Waals surface area contributed by atoms with Crippen molar-refractivity contribution < 1.29 is 14.5 Å².